The number of carbonyl (C=O) groups is 1. The van der Waals surface area contributed by atoms with Gasteiger partial charge in [0.15, 0.2) is 0 Å². The van der Waals surface area contributed by atoms with E-state index >= 15 is 0 Å². The molecule has 3 rings (SSSR count). The van der Waals surface area contributed by atoms with Crippen molar-refractivity contribution < 1.29 is 14.6 Å². The van der Waals surface area contributed by atoms with Crippen molar-refractivity contribution in [3.8, 4) is 5.75 Å². The zero-order valence-corrected chi connectivity index (χ0v) is 12.6. The molecule has 2 N–H and O–H groups in total. The number of phenolic OH excluding ortho intramolecular Hbond substituents is 1. The Hall–Kier alpha value is -3.01. The smallest absolute Gasteiger partial charge is 0.342 e. The van der Waals surface area contributed by atoms with E-state index in [1.54, 1.807) is 12.1 Å². The molecular formula is C19H17NO3. The fraction of sp³-hybridized carbons (Fsp3) is 0.105. The lowest BCUT2D eigenvalue weighted by molar-refractivity contribution is 0.0549. The number of aromatic hydroxyl groups is 1. The molecule has 0 unspecified atom stereocenters. The molecule has 116 valence electrons. The topological polar surface area (TPSA) is 62.3 Å². The molecule has 2 aromatic carbocycles. The Morgan fingerprint density at radius 1 is 1.26 bits per heavy atom. The molecule has 0 fully saturated rings. The van der Waals surface area contributed by atoms with E-state index in [9.17, 15) is 9.90 Å². The number of phenols is 1. The first kappa shape index (κ1) is 14.9. The van der Waals surface area contributed by atoms with E-state index in [0.29, 0.717) is 11.8 Å². The van der Waals surface area contributed by atoms with Crippen molar-refractivity contribution in [2.24, 2.45) is 0 Å². The predicted octanol–water partition coefficient (Wildman–Crippen LogP) is 4.10. The molecule has 0 amide bonds. The van der Waals surface area contributed by atoms with Gasteiger partial charge < -0.3 is 14.8 Å². The molecule has 0 bridgehead atoms. The number of fused-ring (bicyclic) bond motifs is 3. The summed E-state index contributed by atoms with van der Waals surface area (Å²) in [6.45, 7) is 7.37. The van der Waals surface area contributed by atoms with E-state index in [4.69, 9.17) is 4.74 Å². The summed E-state index contributed by atoms with van der Waals surface area (Å²) in [5.74, 6) is -0.657. The van der Waals surface area contributed by atoms with Gasteiger partial charge in [-0.15, -0.1) is 6.58 Å². The Labute approximate surface area is 133 Å². The van der Waals surface area contributed by atoms with E-state index in [2.05, 4.69) is 18.1 Å². The molecule has 0 spiro atoms. The molecule has 1 aromatic heterocycles. The monoisotopic (exact) mass is 307 g/mol. The van der Waals surface area contributed by atoms with Gasteiger partial charge in [0.1, 0.15) is 17.9 Å². The normalized spacial score (nSPS) is 10.8. The third kappa shape index (κ3) is 2.48. The number of para-hydroxylation sites is 1. The van der Waals surface area contributed by atoms with Gasteiger partial charge in [0.25, 0.3) is 0 Å². The van der Waals surface area contributed by atoms with Crippen molar-refractivity contribution in [1.82, 2.24) is 4.98 Å². The molecule has 0 aliphatic heterocycles. The van der Waals surface area contributed by atoms with Crippen molar-refractivity contribution in [2.45, 2.75) is 6.42 Å². The van der Waals surface area contributed by atoms with E-state index < -0.39 is 5.97 Å². The number of rotatable bonds is 5. The second kappa shape index (κ2) is 6.01. The highest BCUT2D eigenvalue weighted by Gasteiger charge is 2.22. The van der Waals surface area contributed by atoms with E-state index in [0.717, 1.165) is 22.0 Å². The SMILES string of the molecule is C=CCOC(=O)c1c(O)cc(CC=C)c2[nH]c3ccccc3c12. The average molecular weight is 307 g/mol. The molecular weight excluding hydrogens is 290 g/mol. The van der Waals surface area contributed by atoms with Crippen LogP contribution < -0.4 is 0 Å². The second-order valence-corrected chi connectivity index (χ2v) is 5.23. The molecule has 3 aromatic rings. The molecule has 1 heterocycles. The average Bonchev–Trinajstić information content (AvgIpc) is 2.93. The van der Waals surface area contributed by atoms with Crippen LogP contribution in [0.15, 0.2) is 55.6 Å². The lowest BCUT2D eigenvalue weighted by atomic mass is 10.00. The highest BCUT2D eigenvalue weighted by atomic mass is 16.5. The molecule has 0 aliphatic rings. The molecule has 4 heteroatoms. The maximum atomic E-state index is 12.4. The minimum absolute atomic E-state index is 0.0897. The van der Waals surface area contributed by atoms with Crippen molar-refractivity contribution in [3.63, 3.8) is 0 Å². The lowest BCUT2D eigenvalue weighted by Crippen LogP contribution is -2.06. The summed E-state index contributed by atoms with van der Waals surface area (Å²) in [4.78, 5) is 15.7. The lowest BCUT2D eigenvalue weighted by Gasteiger charge is -2.09. The van der Waals surface area contributed by atoms with Crippen molar-refractivity contribution in [3.05, 3.63) is 66.8 Å². The Kier molecular flexibility index (Phi) is 3.89. The molecule has 0 aliphatic carbocycles. The fourth-order valence-electron chi connectivity index (χ4n) is 2.81. The first-order valence-electron chi connectivity index (χ1n) is 7.31. The number of aromatic nitrogens is 1. The van der Waals surface area contributed by atoms with Crippen LogP contribution in [-0.4, -0.2) is 22.7 Å². The first-order valence-corrected chi connectivity index (χ1v) is 7.31. The summed E-state index contributed by atoms with van der Waals surface area (Å²) >= 11 is 0. The maximum absolute atomic E-state index is 12.4. The van der Waals surface area contributed by atoms with Crippen molar-refractivity contribution >= 4 is 27.8 Å². The van der Waals surface area contributed by atoms with Gasteiger partial charge >= 0.3 is 5.97 Å². The summed E-state index contributed by atoms with van der Waals surface area (Å²) < 4.78 is 5.13. The highest BCUT2D eigenvalue weighted by molar-refractivity contribution is 6.18. The Balaban J connectivity index is 2.36. The molecule has 0 atom stereocenters. The predicted molar refractivity (Wildman–Crippen MR) is 91.9 cm³/mol. The molecule has 0 saturated heterocycles. The van der Waals surface area contributed by atoms with Gasteiger partial charge in [-0.05, 0) is 24.1 Å². The van der Waals surface area contributed by atoms with E-state index in [1.807, 2.05) is 24.3 Å². The number of hydrogen-bond acceptors (Lipinski definition) is 3. The summed E-state index contributed by atoms with van der Waals surface area (Å²) in [5, 5.41) is 11.9. The summed E-state index contributed by atoms with van der Waals surface area (Å²) in [6, 6.07) is 9.24. The highest BCUT2D eigenvalue weighted by Crippen LogP contribution is 2.36. The van der Waals surface area contributed by atoms with Crippen LogP contribution in [0.5, 0.6) is 5.75 Å². The van der Waals surface area contributed by atoms with Crippen LogP contribution in [0.3, 0.4) is 0 Å². The van der Waals surface area contributed by atoms with Gasteiger partial charge in [-0.3, -0.25) is 0 Å². The maximum Gasteiger partial charge on any atom is 0.342 e. The number of esters is 1. The molecule has 0 saturated carbocycles. The Morgan fingerprint density at radius 3 is 2.78 bits per heavy atom. The van der Waals surface area contributed by atoms with E-state index in [1.165, 1.54) is 6.08 Å². The minimum atomic E-state index is -0.567. The van der Waals surface area contributed by atoms with Gasteiger partial charge in [-0.1, -0.05) is 36.9 Å². The van der Waals surface area contributed by atoms with Gasteiger partial charge in [-0.25, -0.2) is 4.79 Å². The molecule has 4 nitrogen and oxygen atoms in total. The second-order valence-electron chi connectivity index (χ2n) is 5.23. The number of benzene rings is 2. The standard InChI is InChI=1S/C19H17NO3/c1-3-7-12-11-15(21)17(19(22)23-10-4-2)16-13-8-5-6-9-14(13)20-18(12)16/h3-6,8-9,11,20-21H,1-2,7,10H2. The summed E-state index contributed by atoms with van der Waals surface area (Å²) in [6.07, 6.45) is 3.84. The van der Waals surface area contributed by atoms with Crippen molar-refractivity contribution in [1.29, 1.82) is 0 Å². The number of hydrogen-bond donors (Lipinski definition) is 2. The van der Waals surface area contributed by atoms with Crippen molar-refractivity contribution in [2.75, 3.05) is 6.61 Å². The quantitative estimate of drug-likeness (QED) is 0.551. The largest absolute Gasteiger partial charge is 0.507 e. The number of ether oxygens (including phenoxy) is 1. The van der Waals surface area contributed by atoms with Gasteiger partial charge in [0, 0.05) is 16.3 Å². The Morgan fingerprint density at radius 2 is 2.04 bits per heavy atom. The van der Waals surface area contributed by atoms with Crippen LogP contribution >= 0.6 is 0 Å². The number of aromatic amines is 1. The van der Waals surface area contributed by atoms with Gasteiger partial charge in [0.2, 0.25) is 0 Å². The van der Waals surface area contributed by atoms with Crippen LogP contribution in [0, 0.1) is 0 Å². The number of carbonyl (C=O) groups excluding carboxylic acids is 1. The number of allylic oxidation sites excluding steroid dienone is 1. The van der Waals surface area contributed by atoms with E-state index in [-0.39, 0.29) is 17.9 Å². The molecule has 23 heavy (non-hydrogen) atoms. The summed E-state index contributed by atoms with van der Waals surface area (Å²) in [5.41, 5.74) is 2.77. The first-order chi connectivity index (χ1) is 11.2. The van der Waals surface area contributed by atoms with Crippen LogP contribution in [0.1, 0.15) is 15.9 Å². The zero-order chi connectivity index (χ0) is 16.4. The zero-order valence-electron chi connectivity index (χ0n) is 12.6. The molecule has 0 radical (unpaired) electrons. The van der Waals surface area contributed by atoms with Crippen LogP contribution in [0.2, 0.25) is 0 Å². The van der Waals surface area contributed by atoms with Crippen LogP contribution in [0.4, 0.5) is 0 Å². The number of H-pyrrole nitrogens is 1. The Bertz CT molecular complexity index is 921. The fourth-order valence-corrected chi connectivity index (χ4v) is 2.81. The van der Waals surface area contributed by atoms with Crippen LogP contribution in [-0.2, 0) is 11.2 Å². The third-order valence-corrected chi connectivity index (χ3v) is 3.74. The number of nitrogens with one attached hydrogen (secondary N) is 1. The minimum Gasteiger partial charge on any atom is -0.507 e. The van der Waals surface area contributed by atoms with Gasteiger partial charge in [-0.2, -0.15) is 0 Å². The van der Waals surface area contributed by atoms with Crippen LogP contribution in [0.25, 0.3) is 21.8 Å². The third-order valence-electron chi connectivity index (χ3n) is 3.74. The van der Waals surface area contributed by atoms with Gasteiger partial charge in [0.05, 0.1) is 5.52 Å². The summed E-state index contributed by atoms with van der Waals surface area (Å²) in [7, 11) is 0.